The Morgan fingerprint density at radius 1 is 1.29 bits per heavy atom. The van der Waals surface area contributed by atoms with Crippen molar-refractivity contribution in [3.8, 4) is 0 Å². The minimum atomic E-state index is -0.883. The highest BCUT2D eigenvalue weighted by molar-refractivity contribution is 6.30. The molecular formula is C23H23ClN6O4. The van der Waals surface area contributed by atoms with Gasteiger partial charge in [0.15, 0.2) is 6.23 Å². The average molecular weight is 483 g/mol. The molecule has 2 aliphatic heterocycles. The van der Waals surface area contributed by atoms with E-state index in [0.717, 1.165) is 0 Å². The average Bonchev–Trinajstić information content (AvgIpc) is 3.29. The first kappa shape index (κ1) is 22.5. The fraction of sp³-hybridized carbons (Fsp3) is 0.348. The molecule has 0 radical (unpaired) electrons. The van der Waals surface area contributed by atoms with Crippen molar-refractivity contribution in [1.82, 2.24) is 19.5 Å². The molecule has 0 spiro atoms. The van der Waals surface area contributed by atoms with Crippen molar-refractivity contribution in [2.75, 3.05) is 16.8 Å². The van der Waals surface area contributed by atoms with Gasteiger partial charge in [0, 0.05) is 17.3 Å². The van der Waals surface area contributed by atoms with Crippen LogP contribution in [0.4, 0.5) is 11.8 Å². The summed E-state index contributed by atoms with van der Waals surface area (Å²) in [5, 5.41) is 14.2. The molecule has 2 aromatic heterocycles. The summed E-state index contributed by atoms with van der Waals surface area (Å²) in [7, 11) is 0. The number of aryl methyl sites for hydroxylation is 1. The number of hydrogen-bond acceptors (Lipinski definition) is 8. The first-order valence-corrected chi connectivity index (χ1v) is 11.3. The highest BCUT2D eigenvalue weighted by Gasteiger charge is 2.63. The van der Waals surface area contributed by atoms with Gasteiger partial charge in [-0.2, -0.15) is 4.98 Å². The van der Waals surface area contributed by atoms with Gasteiger partial charge in [0.05, 0.1) is 24.0 Å². The molecule has 1 amide bonds. The summed E-state index contributed by atoms with van der Waals surface area (Å²) in [5.41, 5.74) is -0.464. The fourth-order valence-electron chi connectivity index (χ4n) is 4.62. The number of benzene rings is 1. The van der Waals surface area contributed by atoms with E-state index in [1.54, 1.807) is 37.4 Å². The Hall–Kier alpha value is -3.34. The van der Waals surface area contributed by atoms with E-state index in [-0.39, 0.29) is 11.7 Å². The van der Waals surface area contributed by atoms with Crippen LogP contribution in [-0.2, 0) is 4.74 Å². The fourth-order valence-corrected chi connectivity index (χ4v) is 4.72. The monoisotopic (exact) mass is 482 g/mol. The molecule has 2 aliphatic rings. The van der Waals surface area contributed by atoms with E-state index < -0.39 is 29.7 Å². The van der Waals surface area contributed by atoms with E-state index in [1.807, 2.05) is 17.9 Å². The molecule has 0 saturated carbocycles. The van der Waals surface area contributed by atoms with Crippen LogP contribution in [-0.4, -0.2) is 54.8 Å². The summed E-state index contributed by atoms with van der Waals surface area (Å²) in [4.78, 5) is 40.1. The topological polar surface area (TPSA) is 122 Å². The Morgan fingerprint density at radius 2 is 2.00 bits per heavy atom. The number of amides is 1. The number of aliphatic hydroxyl groups is 1. The number of anilines is 2. The largest absolute Gasteiger partial charge is 0.388 e. The maximum absolute atomic E-state index is 13.0. The normalized spacial score (nSPS) is 25.5. The lowest BCUT2D eigenvalue weighted by atomic mass is 9.96. The van der Waals surface area contributed by atoms with E-state index >= 15 is 0 Å². The third kappa shape index (κ3) is 3.64. The summed E-state index contributed by atoms with van der Waals surface area (Å²) in [5.74, 6) is 0.194. The highest BCUT2D eigenvalue weighted by atomic mass is 35.5. The molecule has 4 atom stereocenters. The van der Waals surface area contributed by atoms with E-state index in [9.17, 15) is 14.7 Å². The number of morpholine rings is 1. The molecule has 0 aliphatic carbocycles. The van der Waals surface area contributed by atoms with Crippen molar-refractivity contribution >= 4 is 29.3 Å². The van der Waals surface area contributed by atoms with Gasteiger partial charge < -0.3 is 20.1 Å². The number of aliphatic hydroxyl groups excluding tert-OH is 1. The Balaban J connectivity index is 1.47. The Kier molecular flexibility index (Phi) is 5.59. The molecular weight excluding hydrogens is 460 g/mol. The summed E-state index contributed by atoms with van der Waals surface area (Å²) < 4.78 is 7.61. The molecule has 2 saturated heterocycles. The van der Waals surface area contributed by atoms with Crippen LogP contribution in [0.15, 0.2) is 53.7 Å². The van der Waals surface area contributed by atoms with Gasteiger partial charge in [0.1, 0.15) is 23.6 Å². The van der Waals surface area contributed by atoms with Gasteiger partial charge >= 0.3 is 5.69 Å². The Morgan fingerprint density at radius 3 is 2.65 bits per heavy atom. The number of halogens is 1. The van der Waals surface area contributed by atoms with Crippen molar-refractivity contribution in [3.63, 3.8) is 0 Å². The summed E-state index contributed by atoms with van der Waals surface area (Å²) in [6.45, 7) is 4.03. The molecule has 11 heteroatoms. The van der Waals surface area contributed by atoms with Gasteiger partial charge in [0.25, 0.3) is 5.91 Å². The number of fused-ring (bicyclic) bond motifs is 2. The molecule has 4 heterocycles. The quantitative estimate of drug-likeness (QED) is 0.567. The van der Waals surface area contributed by atoms with Gasteiger partial charge in [-0.05, 0) is 25.5 Å². The molecule has 5 rings (SSSR count). The van der Waals surface area contributed by atoms with Crippen molar-refractivity contribution < 1.29 is 14.6 Å². The van der Waals surface area contributed by atoms with Gasteiger partial charge in [0.2, 0.25) is 5.95 Å². The molecule has 0 unspecified atom stereocenters. The van der Waals surface area contributed by atoms with Crippen LogP contribution in [0.2, 0.25) is 5.02 Å². The second-order valence-corrected chi connectivity index (χ2v) is 8.91. The summed E-state index contributed by atoms with van der Waals surface area (Å²) >= 11 is 5.93. The molecule has 3 aromatic rings. The first-order valence-electron chi connectivity index (χ1n) is 10.9. The molecule has 1 aromatic carbocycles. The van der Waals surface area contributed by atoms with Crippen LogP contribution in [0, 0.1) is 6.92 Å². The molecule has 2 fully saturated rings. The lowest BCUT2D eigenvalue weighted by Gasteiger charge is -2.37. The third-order valence-corrected chi connectivity index (χ3v) is 6.64. The number of nitrogens with one attached hydrogen (secondary N) is 1. The lowest BCUT2D eigenvalue weighted by Crippen LogP contribution is -2.48. The van der Waals surface area contributed by atoms with Crippen LogP contribution in [0.5, 0.6) is 0 Å². The SMILES string of the molecule is CC[C@@]12CN(c3ncc(Cl)cn3)[C@@H]([C@H](n3cc(C)c(NC(=O)c4ccccc4)nc3=O)O1)[C@@H]2O. The zero-order valence-corrected chi connectivity index (χ0v) is 19.3. The maximum atomic E-state index is 13.0. The maximum Gasteiger partial charge on any atom is 0.351 e. The van der Waals surface area contributed by atoms with Gasteiger partial charge in [-0.3, -0.25) is 9.36 Å². The zero-order valence-electron chi connectivity index (χ0n) is 18.6. The predicted molar refractivity (Wildman–Crippen MR) is 125 cm³/mol. The predicted octanol–water partition coefficient (Wildman–Crippen LogP) is 2.17. The standard InChI is InChI=1S/C23H23ClN6O4/c1-3-23-12-30(21-25-9-15(24)10-26-21)16(17(23)31)20(34-23)29-11-13(2)18(28-22(29)33)27-19(32)14-7-5-4-6-8-14/h4-11,16-17,20,31H,3,12H2,1-2H3,(H,27,28,32,33)/t16-,17+,20-,23+/m1/s1. The summed E-state index contributed by atoms with van der Waals surface area (Å²) in [6.07, 6.45) is 3.39. The van der Waals surface area contributed by atoms with Crippen molar-refractivity contribution in [1.29, 1.82) is 0 Å². The number of nitrogens with zero attached hydrogens (tertiary/aromatic N) is 5. The highest BCUT2D eigenvalue weighted by Crippen LogP contribution is 2.48. The first-order chi connectivity index (χ1) is 16.3. The van der Waals surface area contributed by atoms with Gasteiger partial charge in [-0.15, -0.1) is 0 Å². The van der Waals surface area contributed by atoms with Crippen LogP contribution in [0.25, 0.3) is 0 Å². The molecule has 10 nitrogen and oxygen atoms in total. The van der Waals surface area contributed by atoms with Gasteiger partial charge in [-0.1, -0.05) is 36.7 Å². The number of aromatic nitrogens is 4. The second-order valence-electron chi connectivity index (χ2n) is 8.47. The van der Waals surface area contributed by atoms with Crippen LogP contribution in [0.1, 0.15) is 35.5 Å². The Labute approximate surface area is 200 Å². The minimum Gasteiger partial charge on any atom is -0.388 e. The third-order valence-electron chi connectivity index (χ3n) is 6.45. The van der Waals surface area contributed by atoms with Crippen LogP contribution < -0.4 is 15.9 Å². The van der Waals surface area contributed by atoms with Crippen LogP contribution >= 0.6 is 11.6 Å². The zero-order chi connectivity index (χ0) is 24.0. The molecule has 2 N–H and O–H groups in total. The van der Waals surface area contributed by atoms with E-state index in [4.69, 9.17) is 16.3 Å². The smallest absolute Gasteiger partial charge is 0.351 e. The Bertz CT molecular complexity index is 1280. The van der Waals surface area contributed by atoms with Crippen molar-refractivity contribution in [3.05, 3.63) is 75.6 Å². The van der Waals surface area contributed by atoms with Crippen molar-refractivity contribution in [2.24, 2.45) is 0 Å². The summed E-state index contributed by atoms with van der Waals surface area (Å²) in [6, 6.07) is 8.06. The van der Waals surface area contributed by atoms with Gasteiger partial charge in [-0.25, -0.2) is 14.8 Å². The molecule has 176 valence electrons. The molecule has 2 bridgehead atoms. The number of carbonyl (C=O) groups is 1. The van der Waals surface area contributed by atoms with E-state index in [1.165, 1.54) is 17.0 Å². The number of carbonyl (C=O) groups excluding carboxylic acids is 1. The lowest BCUT2D eigenvalue weighted by molar-refractivity contribution is -0.107. The van der Waals surface area contributed by atoms with E-state index in [0.29, 0.717) is 35.1 Å². The number of ether oxygens (including phenoxy) is 1. The minimum absolute atomic E-state index is 0.168. The van der Waals surface area contributed by atoms with Crippen LogP contribution in [0.3, 0.4) is 0 Å². The van der Waals surface area contributed by atoms with E-state index in [2.05, 4.69) is 20.3 Å². The number of rotatable bonds is 5. The van der Waals surface area contributed by atoms with Crippen molar-refractivity contribution in [2.45, 2.75) is 44.2 Å². The molecule has 34 heavy (non-hydrogen) atoms. The second kappa shape index (κ2) is 8.46. The number of hydrogen-bond donors (Lipinski definition) is 2.